The molecule has 94 valence electrons. The van der Waals surface area contributed by atoms with Crippen molar-refractivity contribution in [3.05, 3.63) is 53.6 Å². The highest BCUT2D eigenvalue weighted by molar-refractivity contribution is 7.99. The summed E-state index contributed by atoms with van der Waals surface area (Å²) in [5, 5.41) is 0.715. The maximum absolute atomic E-state index is 12.8. The summed E-state index contributed by atoms with van der Waals surface area (Å²) in [6.07, 6.45) is 1.73. The molecular weight excluding hydrogens is 249 g/mol. The van der Waals surface area contributed by atoms with Crippen LogP contribution in [0.3, 0.4) is 0 Å². The SMILES string of the molecule is Cc1ccnc(SCC(N)c2ccc(F)cc2)n1. The number of halogens is 1. The van der Waals surface area contributed by atoms with Gasteiger partial charge < -0.3 is 5.73 Å². The first kappa shape index (κ1) is 13.0. The van der Waals surface area contributed by atoms with Crippen molar-refractivity contribution in [2.75, 3.05) is 5.75 Å². The molecule has 18 heavy (non-hydrogen) atoms. The van der Waals surface area contributed by atoms with E-state index in [9.17, 15) is 4.39 Å². The number of benzene rings is 1. The average Bonchev–Trinajstić information content (AvgIpc) is 2.37. The molecule has 0 fully saturated rings. The molecule has 0 aliphatic rings. The van der Waals surface area contributed by atoms with Crippen molar-refractivity contribution < 1.29 is 4.39 Å². The zero-order valence-corrected chi connectivity index (χ0v) is 10.8. The maximum Gasteiger partial charge on any atom is 0.187 e. The number of aryl methyl sites for hydroxylation is 1. The van der Waals surface area contributed by atoms with Gasteiger partial charge in [-0.1, -0.05) is 23.9 Å². The first-order valence-electron chi connectivity index (χ1n) is 5.58. The normalized spacial score (nSPS) is 12.4. The van der Waals surface area contributed by atoms with Crippen molar-refractivity contribution in [2.24, 2.45) is 5.73 Å². The summed E-state index contributed by atoms with van der Waals surface area (Å²) >= 11 is 1.50. The van der Waals surface area contributed by atoms with Crippen LogP contribution in [0.4, 0.5) is 4.39 Å². The quantitative estimate of drug-likeness (QED) is 0.680. The fraction of sp³-hybridized carbons (Fsp3) is 0.231. The van der Waals surface area contributed by atoms with Crippen LogP contribution in [0.5, 0.6) is 0 Å². The van der Waals surface area contributed by atoms with E-state index in [4.69, 9.17) is 5.73 Å². The summed E-state index contributed by atoms with van der Waals surface area (Å²) in [5.41, 5.74) is 7.88. The zero-order chi connectivity index (χ0) is 13.0. The second-order valence-corrected chi connectivity index (χ2v) is 4.94. The maximum atomic E-state index is 12.8. The summed E-state index contributed by atoms with van der Waals surface area (Å²) in [6, 6.07) is 7.95. The Morgan fingerprint density at radius 3 is 2.67 bits per heavy atom. The van der Waals surface area contributed by atoms with Crippen LogP contribution in [0, 0.1) is 12.7 Å². The molecule has 0 aliphatic carbocycles. The molecule has 0 saturated carbocycles. The van der Waals surface area contributed by atoms with E-state index in [1.54, 1.807) is 18.3 Å². The molecule has 0 aliphatic heterocycles. The molecule has 1 atom stereocenters. The molecule has 5 heteroatoms. The predicted octanol–water partition coefficient (Wildman–Crippen LogP) is 2.72. The van der Waals surface area contributed by atoms with Gasteiger partial charge in [0.1, 0.15) is 5.82 Å². The lowest BCUT2D eigenvalue weighted by molar-refractivity contribution is 0.626. The van der Waals surface area contributed by atoms with Gasteiger partial charge in [-0.3, -0.25) is 0 Å². The highest BCUT2D eigenvalue weighted by atomic mass is 32.2. The van der Waals surface area contributed by atoms with Gasteiger partial charge in [-0.15, -0.1) is 0 Å². The van der Waals surface area contributed by atoms with Crippen LogP contribution in [0.15, 0.2) is 41.7 Å². The van der Waals surface area contributed by atoms with Crippen molar-refractivity contribution in [3.8, 4) is 0 Å². The van der Waals surface area contributed by atoms with Crippen LogP contribution in [0.1, 0.15) is 17.3 Å². The lowest BCUT2D eigenvalue weighted by atomic mass is 10.1. The Morgan fingerprint density at radius 1 is 1.28 bits per heavy atom. The standard InChI is InChI=1S/C13H14FN3S/c1-9-6-7-16-13(17-9)18-8-12(15)10-2-4-11(14)5-3-10/h2-7,12H,8,15H2,1H3. The highest BCUT2D eigenvalue weighted by Gasteiger charge is 2.08. The molecule has 1 heterocycles. The van der Waals surface area contributed by atoms with Crippen molar-refractivity contribution in [1.82, 2.24) is 9.97 Å². The average molecular weight is 263 g/mol. The number of rotatable bonds is 4. The number of nitrogens with zero attached hydrogens (tertiary/aromatic N) is 2. The molecule has 2 N–H and O–H groups in total. The molecule has 0 amide bonds. The number of nitrogens with two attached hydrogens (primary N) is 1. The van der Waals surface area contributed by atoms with E-state index in [0.29, 0.717) is 10.9 Å². The Bertz CT molecular complexity index is 516. The molecule has 0 bridgehead atoms. The lowest BCUT2D eigenvalue weighted by Crippen LogP contribution is -2.13. The van der Waals surface area contributed by atoms with E-state index in [-0.39, 0.29) is 11.9 Å². The fourth-order valence-electron chi connectivity index (χ4n) is 1.47. The molecule has 1 aromatic heterocycles. The van der Waals surface area contributed by atoms with Gasteiger partial charge in [-0.25, -0.2) is 14.4 Å². The van der Waals surface area contributed by atoms with Gasteiger partial charge in [-0.05, 0) is 30.7 Å². The van der Waals surface area contributed by atoms with Crippen LogP contribution in [-0.2, 0) is 0 Å². The monoisotopic (exact) mass is 263 g/mol. The first-order chi connectivity index (χ1) is 8.65. The van der Waals surface area contributed by atoms with Crippen molar-refractivity contribution >= 4 is 11.8 Å². The van der Waals surface area contributed by atoms with Gasteiger partial charge >= 0.3 is 0 Å². The van der Waals surface area contributed by atoms with Crippen LogP contribution in [-0.4, -0.2) is 15.7 Å². The molecule has 0 saturated heterocycles. The third kappa shape index (κ3) is 3.51. The third-order valence-corrected chi connectivity index (χ3v) is 3.44. The molecule has 2 aromatic rings. The summed E-state index contributed by atoms with van der Waals surface area (Å²) in [6.45, 7) is 1.92. The predicted molar refractivity (Wildman–Crippen MR) is 70.8 cm³/mol. The highest BCUT2D eigenvalue weighted by Crippen LogP contribution is 2.20. The second-order valence-electron chi connectivity index (χ2n) is 3.95. The number of aromatic nitrogens is 2. The van der Waals surface area contributed by atoms with Gasteiger partial charge in [0.2, 0.25) is 0 Å². The molecule has 1 unspecified atom stereocenters. The number of hydrogen-bond donors (Lipinski definition) is 1. The van der Waals surface area contributed by atoms with Crippen LogP contribution < -0.4 is 5.73 Å². The zero-order valence-electron chi connectivity index (χ0n) is 10.0. The Labute approximate surface area is 110 Å². The van der Waals surface area contributed by atoms with Crippen molar-refractivity contribution in [3.63, 3.8) is 0 Å². The molecule has 3 nitrogen and oxygen atoms in total. The van der Waals surface area contributed by atoms with Gasteiger partial charge in [0.15, 0.2) is 5.16 Å². The molecule has 0 radical (unpaired) electrons. The Morgan fingerprint density at radius 2 is 2.00 bits per heavy atom. The summed E-state index contributed by atoms with van der Waals surface area (Å²) in [7, 11) is 0. The van der Waals surface area contributed by atoms with Crippen LogP contribution in [0.25, 0.3) is 0 Å². The second kappa shape index (κ2) is 5.93. The Hall–Kier alpha value is -1.46. The minimum absolute atomic E-state index is 0.153. The third-order valence-electron chi connectivity index (χ3n) is 2.46. The number of thioether (sulfide) groups is 1. The van der Waals surface area contributed by atoms with Crippen molar-refractivity contribution in [1.29, 1.82) is 0 Å². The molecule has 0 spiro atoms. The number of hydrogen-bond acceptors (Lipinski definition) is 4. The van der Waals surface area contributed by atoms with E-state index in [1.165, 1.54) is 23.9 Å². The van der Waals surface area contributed by atoms with E-state index in [2.05, 4.69) is 9.97 Å². The largest absolute Gasteiger partial charge is 0.323 e. The summed E-state index contributed by atoms with van der Waals surface area (Å²) < 4.78 is 12.8. The minimum Gasteiger partial charge on any atom is -0.323 e. The van der Waals surface area contributed by atoms with Gasteiger partial charge in [0.25, 0.3) is 0 Å². The van der Waals surface area contributed by atoms with Crippen LogP contribution in [0.2, 0.25) is 0 Å². The Kier molecular flexibility index (Phi) is 4.28. The molecule has 1 aromatic carbocycles. The van der Waals surface area contributed by atoms with Crippen LogP contribution >= 0.6 is 11.8 Å². The van der Waals surface area contributed by atoms with Gasteiger partial charge in [0, 0.05) is 23.7 Å². The minimum atomic E-state index is -0.249. The molecular formula is C13H14FN3S. The first-order valence-corrected chi connectivity index (χ1v) is 6.57. The van der Waals surface area contributed by atoms with E-state index in [0.717, 1.165) is 11.3 Å². The summed E-state index contributed by atoms with van der Waals surface area (Å²) in [5.74, 6) is 0.412. The van der Waals surface area contributed by atoms with E-state index >= 15 is 0 Å². The van der Waals surface area contributed by atoms with Gasteiger partial charge in [0.05, 0.1) is 0 Å². The van der Waals surface area contributed by atoms with E-state index < -0.39 is 0 Å². The lowest BCUT2D eigenvalue weighted by Gasteiger charge is -2.10. The van der Waals surface area contributed by atoms with E-state index in [1.807, 2.05) is 13.0 Å². The summed E-state index contributed by atoms with van der Waals surface area (Å²) in [4.78, 5) is 8.44. The van der Waals surface area contributed by atoms with Gasteiger partial charge in [-0.2, -0.15) is 0 Å². The Balaban J connectivity index is 1.96. The smallest absolute Gasteiger partial charge is 0.187 e. The molecule has 2 rings (SSSR count). The topological polar surface area (TPSA) is 51.8 Å². The fourth-order valence-corrected chi connectivity index (χ4v) is 2.33. The van der Waals surface area contributed by atoms with Crippen molar-refractivity contribution in [2.45, 2.75) is 18.1 Å².